The van der Waals surface area contributed by atoms with Crippen molar-refractivity contribution in [2.24, 2.45) is 11.8 Å². The van der Waals surface area contributed by atoms with E-state index < -0.39 is 0 Å². The number of fused-ring (bicyclic) bond motifs is 3. The highest BCUT2D eigenvalue weighted by atomic mass is 19.1. The van der Waals surface area contributed by atoms with Gasteiger partial charge < -0.3 is 24.2 Å². The number of carbonyl (C=O) groups is 2. The van der Waals surface area contributed by atoms with Gasteiger partial charge in [-0.05, 0) is 62.1 Å². The lowest BCUT2D eigenvalue weighted by atomic mass is 9.82. The van der Waals surface area contributed by atoms with Crippen LogP contribution in [0.1, 0.15) is 25.3 Å². The fourth-order valence-corrected chi connectivity index (χ4v) is 5.94. The van der Waals surface area contributed by atoms with Crippen LogP contribution in [0.4, 0.5) is 15.8 Å². The molecule has 3 aliphatic rings. The zero-order valence-electron chi connectivity index (χ0n) is 21.0. The number of amides is 1. The smallest absolute Gasteiger partial charge is 0.310 e. The molecule has 3 aliphatic heterocycles. The molecule has 8 heteroatoms. The lowest BCUT2D eigenvalue weighted by Gasteiger charge is -2.50. The molecule has 2 saturated heterocycles. The Labute approximate surface area is 211 Å². The van der Waals surface area contributed by atoms with Gasteiger partial charge in [0.2, 0.25) is 5.91 Å². The number of ether oxygens (including phenoxy) is 2. The lowest BCUT2D eigenvalue weighted by molar-refractivity contribution is -0.152. The molecule has 0 aliphatic carbocycles. The number of halogens is 1. The summed E-state index contributed by atoms with van der Waals surface area (Å²) in [5, 5.41) is 0. The first kappa shape index (κ1) is 24.4. The highest BCUT2D eigenvalue weighted by molar-refractivity contribution is 5.84. The number of esters is 1. The molecule has 3 atom stereocenters. The second-order valence-electron chi connectivity index (χ2n) is 9.86. The number of nitrogens with zero attached hydrogens (tertiary/aromatic N) is 3. The first-order valence-corrected chi connectivity index (χ1v) is 12.9. The maximum atomic E-state index is 14.0. The molecule has 2 aromatic rings. The molecule has 7 nitrogen and oxygen atoms in total. The van der Waals surface area contributed by atoms with E-state index in [0.717, 1.165) is 48.6 Å². The number of rotatable bonds is 5. The van der Waals surface area contributed by atoms with Crippen LogP contribution in [0, 0.1) is 17.7 Å². The topological polar surface area (TPSA) is 62.3 Å². The second kappa shape index (κ2) is 10.4. The van der Waals surface area contributed by atoms with Crippen LogP contribution in [0.15, 0.2) is 42.5 Å². The van der Waals surface area contributed by atoms with Gasteiger partial charge in [-0.15, -0.1) is 0 Å². The minimum absolute atomic E-state index is 0.0427. The summed E-state index contributed by atoms with van der Waals surface area (Å²) >= 11 is 0. The molecule has 0 radical (unpaired) electrons. The molecule has 2 aromatic carbocycles. The van der Waals surface area contributed by atoms with Crippen molar-refractivity contribution in [2.75, 3.05) is 56.2 Å². The van der Waals surface area contributed by atoms with Gasteiger partial charge in [-0.1, -0.05) is 6.07 Å². The molecular formula is C28H34FN3O4. The molecule has 0 N–H and O–H groups in total. The third-order valence-corrected chi connectivity index (χ3v) is 7.79. The van der Waals surface area contributed by atoms with E-state index in [2.05, 4.69) is 21.9 Å². The Morgan fingerprint density at radius 2 is 1.86 bits per heavy atom. The number of methoxy groups -OCH3 is 1. The molecule has 5 rings (SSSR count). The molecule has 36 heavy (non-hydrogen) atoms. The number of piperazine rings is 1. The quantitative estimate of drug-likeness (QED) is 0.592. The Hall–Kier alpha value is -3.29. The first-order chi connectivity index (χ1) is 17.5. The summed E-state index contributed by atoms with van der Waals surface area (Å²) in [6, 6.07) is 12.6. The van der Waals surface area contributed by atoms with Gasteiger partial charge in [0, 0.05) is 50.2 Å². The van der Waals surface area contributed by atoms with Gasteiger partial charge in [0.25, 0.3) is 0 Å². The SMILES string of the molecule is CCOC(=O)C1CCCN(C(=O)C2Cc3ccc(OC)cc3N3CCN(c4ccc(F)cc4)CC23)C1. The molecule has 2 fully saturated rings. The van der Waals surface area contributed by atoms with E-state index in [9.17, 15) is 14.0 Å². The summed E-state index contributed by atoms with van der Waals surface area (Å²) in [6.45, 7) is 5.41. The van der Waals surface area contributed by atoms with E-state index in [4.69, 9.17) is 9.47 Å². The zero-order chi connectivity index (χ0) is 25.2. The van der Waals surface area contributed by atoms with Gasteiger partial charge in [-0.3, -0.25) is 9.59 Å². The fourth-order valence-electron chi connectivity index (χ4n) is 5.94. The van der Waals surface area contributed by atoms with Crippen LogP contribution in [-0.4, -0.2) is 69.3 Å². The fraction of sp³-hybridized carbons (Fsp3) is 0.500. The molecular weight excluding hydrogens is 461 g/mol. The molecule has 3 heterocycles. The van der Waals surface area contributed by atoms with Crippen LogP contribution >= 0.6 is 0 Å². The van der Waals surface area contributed by atoms with Gasteiger partial charge in [-0.25, -0.2) is 4.39 Å². The first-order valence-electron chi connectivity index (χ1n) is 12.9. The van der Waals surface area contributed by atoms with Crippen LogP contribution in [-0.2, 0) is 20.7 Å². The van der Waals surface area contributed by atoms with Gasteiger partial charge in [-0.2, -0.15) is 0 Å². The Kier molecular flexibility index (Phi) is 7.03. The monoisotopic (exact) mass is 495 g/mol. The average molecular weight is 496 g/mol. The molecule has 0 spiro atoms. The number of piperidine rings is 1. The lowest BCUT2D eigenvalue weighted by Crippen LogP contribution is -2.62. The van der Waals surface area contributed by atoms with Crippen molar-refractivity contribution in [1.29, 1.82) is 0 Å². The molecule has 3 unspecified atom stereocenters. The normalized spacial score (nSPS) is 23.5. The molecule has 192 valence electrons. The highest BCUT2D eigenvalue weighted by Crippen LogP contribution is 2.40. The third-order valence-electron chi connectivity index (χ3n) is 7.79. The number of benzene rings is 2. The van der Waals surface area contributed by atoms with Gasteiger partial charge in [0.05, 0.1) is 31.6 Å². The van der Waals surface area contributed by atoms with E-state index in [1.807, 2.05) is 17.9 Å². The molecule has 0 bridgehead atoms. The summed E-state index contributed by atoms with van der Waals surface area (Å²) < 4.78 is 24.3. The minimum Gasteiger partial charge on any atom is -0.497 e. The van der Waals surface area contributed by atoms with Crippen LogP contribution in [0.3, 0.4) is 0 Å². The van der Waals surface area contributed by atoms with Crippen LogP contribution in [0.2, 0.25) is 0 Å². The van der Waals surface area contributed by atoms with Crippen molar-refractivity contribution in [3.8, 4) is 5.75 Å². The van der Waals surface area contributed by atoms with E-state index in [-0.39, 0.29) is 35.6 Å². The number of carbonyl (C=O) groups excluding carboxylic acids is 2. The molecule has 0 saturated carbocycles. The van der Waals surface area contributed by atoms with Crippen LogP contribution in [0.25, 0.3) is 0 Å². The van der Waals surface area contributed by atoms with E-state index >= 15 is 0 Å². The maximum Gasteiger partial charge on any atom is 0.310 e. The minimum atomic E-state index is -0.263. The number of hydrogen-bond donors (Lipinski definition) is 0. The van der Waals surface area contributed by atoms with Gasteiger partial charge in [0.1, 0.15) is 11.6 Å². The highest BCUT2D eigenvalue weighted by Gasteiger charge is 2.44. The Morgan fingerprint density at radius 1 is 1.06 bits per heavy atom. The zero-order valence-corrected chi connectivity index (χ0v) is 21.0. The van der Waals surface area contributed by atoms with Crippen LogP contribution in [0.5, 0.6) is 5.75 Å². The Morgan fingerprint density at radius 3 is 2.61 bits per heavy atom. The van der Waals surface area contributed by atoms with E-state index in [0.29, 0.717) is 32.7 Å². The van der Waals surface area contributed by atoms with E-state index in [1.54, 1.807) is 19.2 Å². The number of anilines is 2. The third kappa shape index (κ3) is 4.73. The van der Waals surface area contributed by atoms with Crippen molar-refractivity contribution < 1.29 is 23.5 Å². The standard InChI is InChI=1S/C28H34FN3O4/c1-3-36-28(34)20-5-4-12-31(17-20)27(33)24-15-19-6-11-23(35-2)16-25(19)32-14-13-30(18-26(24)32)22-9-7-21(29)8-10-22/h6-11,16,20,24,26H,3-5,12-15,17-18H2,1-2H3. The maximum absolute atomic E-state index is 14.0. The van der Waals surface area contributed by atoms with Crippen molar-refractivity contribution >= 4 is 23.3 Å². The summed E-state index contributed by atoms with van der Waals surface area (Å²) in [6.07, 6.45) is 2.19. The second-order valence-corrected chi connectivity index (χ2v) is 9.86. The van der Waals surface area contributed by atoms with Crippen molar-refractivity contribution in [1.82, 2.24) is 4.90 Å². The summed E-state index contributed by atoms with van der Waals surface area (Å²) in [4.78, 5) is 32.9. The molecule has 0 aromatic heterocycles. The number of hydrogen-bond acceptors (Lipinski definition) is 6. The summed E-state index contributed by atoms with van der Waals surface area (Å²) in [5.74, 6) is -0.0766. The largest absolute Gasteiger partial charge is 0.497 e. The van der Waals surface area contributed by atoms with Crippen molar-refractivity contribution in [2.45, 2.75) is 32.2 Å². The Bertz CT molecular complexity index is 1110. The average Bonchev–Trinajstić information content (AvgIpc) is 2.92. The van der Waals surface area contributed by atoms with Crippen LogP contribution < -0.4 is 14.5 Å². The predicted molar refractivity (Wildman–Crippen MR) is 136 cm³/mol. The van der Waals surface area contributed by atoms with Crippen molar-refractivity contribution in [3.63, 3.8) is 0 Å². The number of likely N-dealkylation sites (tertiary alicyclic amines) is 1. The van der Waals surface area contributed by atoms with Gasteiger partial charge in [0.15, 0.2) is 0 Å². The molecule has 1 amide bonds. The Balaban J connectivity index is 1.43. The predicted octanol–water partition coefficient (Wildman–Crippen LogP) is 3.50. The summed E-state index contributed by atoms with van der Waals surface area (Å²) in [5.41, 5.74) is 3.21. The van der Waals surface area contributed by atoms with Gasteiger partial charge >= 0.3 is 5.97 Å². The summed E-state index contributed by atoms with van der Waals surface area (Å²) in [7, 11) is 1.66. The van der Waals surface area contributed by atoms with E-state index in [1.165, 1.54) is 12.1 Å². The van der Waals surface area contributed by atoms with Crippen molar-refractivity contribution in [3.05, 3.63) is 53.8 Å².